The molecule has 0 aliphatic rings. The zero-order valence-corrected chi connectivity index (χ0v) is 14.1. The van der Waals surface area contributed by atoms with E-state index in [0.29, 0.717) is 0 Å². The number of imidazole rings is 1. The average Bonchev–Trinajstić information content (AvgIpc) is 2.76. The number of hydrogen-bond acceptors (Lipinski definition) is 4. The molecule has 102 valence electrons. The minimum absolute atomic E-state index is 0.867. The fourth-order valence-electron chi connectivity index (χ4n) is 2.09. The second-order valence-corrected chi connectivity index (χ2v) is 6.83. The summed E-state index contributed by atoms with van der Waals surface area (Å²) >= 11 is 4.03. The van der Waals surface area contributed by atoms with Gasteiger partial charge in [0.05, 0.1) is 0 Å². The van der Waals surface area contributed by atoms with E-state index >= 15 is 0 Å². The number of pyridine rings is 2. The van der Waals surface area contributed by atoms with Crippen LogP contribution < -0.4 is 0 Å². The van der Waals surface area contributed by atoms with Crippen molar-refractivity contribution in [2.24, 2.45) is 7.05 Å². The first-order valence-corrected chi connectivity index (χ1v) is 8.33. The van der Waals surface area contributed by atoms with Gasteiger partial charge in [-0.25, -0.2) is 9.97 Å². The van der Waals surface area contributed by atoms with Crippen LogP contribution in [0.25, 0.3) is 22.7 Å². The maximum atomic E-state index is 4.71. The van der Waals surface area contributed by atoms with Gasteiger partial charge in [0.15, 0.2) is 11.5 Å². The van der Waals surface area contributed by atoms with Crippen molar-refractivity contribution in [3.05, 3.63) is 34.2 Å². The van der Waals surface area contributed by atoms with E-state index < -0.39 is 0 Å². The molecule has 0 saturated heterocycles. The number of aromatic nitrogens is 4. The molecule has 0 aliphatic heterocycles. The fraction of sp³-hybridized carbons (Fsp3) is 0.214. The second-order valence-electron chi connectivity index (χ2n) is 4.27. The van der Waals surface area contributed by atoms with E-state index in [0.717, 1.165) is 36.9 Å². The molecule has 0 amide bonds. The van der Waals surface area contributed by atoms with Gasteiger partial charge >= 0.3 is 0 Å². The summed E-state index contributed by atoms with van der Waals surface area (Å²) in [6, 6.07) is 6.10. The fourth-order valence-corrected chi connectivity index (χ4v) is 3.29. The molecule has 20 heavy (non-hydrogen) atoms. The Kier molecular flexibility index (Phi) is 3.93. The normalized spacial score (nSPS) is 11.2. The molecule has 0 spiro atoms. The highest BCUT2D eigenvalue weighted by Gasteiger charge is 2.15. The molecule has 0 N–H and O–H groups in total. The van der Waals surface area contributed by atoms with Crippen molar-refractivity contribution in [2.75, 3.05) is 5.75 Å². The number of aryl methyl sites for hydroxylation is 1. The Morgan fingerprint density at radius 2 is 2.20 bits per heavy atom. The number of hydrogen-bond donors (Lipinski definition) is 0. The summed E-state index contributed by atoms with van der Waals surface area (Å²) in [5.41, 5.74) is 2.72. The summed E-state index contributed by atoms with van der Waals surface area (Å²) in [4.78, 5) is 14.8. The van der Waals surface area contributed by atoms with Crippen LogP contribution in [0.15, 0.2) is 35.5 Å². The highest BCUT2D eigenvalue weighted by atomic mass is 127. The lowest BCUT2D eigenvalue weighted by Gasteiger charge is -2.06. The van der Waals surface area contributed by atoms with Crippen LogP contribution in [0.2, 0.25) is 0 Å². The molecule has 0 aliphatic carbocycles. The topological polar surface area (TPSA) is 43.6 Å². The van der Waals surface area contributed by atoms with Gasteiger partial charge in [-0.1, -0.05) is 6.92 Å². The number of halogens is 1. The van der Waals surface area contributed by atoms with Crippen molar-refractivity contribution in [3.63, 3.8) is 0 Å². The van der Waals surface area contributed by atoms with Gasteiger partial charge in [0.1, 0.15) is 11.2 Å². The molecule has 0 aromatic carbocycles. The predicted molar refractivity (Wildman–Crippen MR) is 90.9 cm³/mol. The lowest BCUT2D eigenvalue weighted by Crippen LogP contribution is -1.97. The van der Waals surface area contributed by atoms with Crippen LogP contribution in [0.5, 0.6) is 0 Å². The zero-order valence-electron chi connectivity index (χ0n) is 11.2. The van der Waals surface area contributed by atoms with Gasteiger partial charge in [-0.3, -0.25) is 4.98 Å². The number of nitrogens with zero attached hydrogens (tertiary/aromatic N) is 4. The Hall–Kier alpha value is -1.15. The Labute approximate surface area is 135 Å². The molecule has 0 fully saturated rings. The van der Waals surface area contributed by atoms with E-state index in [1.807, 2.05) is 36.1 Å². The van der Waals surface area contributed by atoms with E-state index in [-0.39, 0.29) is 0 Å². The smallest absolute Gasteiger partial charge is 0.161 e. The Bertz CT molecular complexity index is 769. The van der Waals surface area contributed by atoms with E-state index in [9.17, 15) is 0 Å². The third-order valence-corrected chi connectivity index (χ3v) is 4.48. The lowest BCUT2D eigenvalue weighted by molar-refractivity contribution is 0.927. The van der Waals surface area contributed by atoms with E-state index in [2.05, 4.69) is 45.5 Å². The van der Waals surface area contributed by atoms with Crippen molar-refractivity contribution in [1.82, 2.24) is 19.5 Å². The molecule has 0 radical (unpaired) electrons. The molecule has 0 atom stereocenters. The minimum atomic E-state index is 0.867. The van der Waals surface area contributed by atoms with Gasteiger partial charge < -0.3 is 4.57 Å². The van der Waals surface area contributed by atoms with Gasteiger partial charge in [-0.05, 0) is 46.5 Å². The summed E-state index contributed by atoms with van der Waals surface area (Å²) < 4.78 is 3.09. The molecular weight excluding hydrogens is 383 g/mol. The third-order valence-electron chi connectivity index (χ3n) is 2.96. The van der Waals surface area contributed by atoms with E-state index in [4.69, 9.17) is 4.98 Å². The van der Waals surface area contributed by atoms with Crippen LogP contribution in [-0.4, -0.2) is 25.3 Å². The van der Waals surface area contributed by atoms with Crippen molar-refractivity contribution < 1.29 is 0 Å². The highest BCUT2D eigenvalue weighted by molar-refractivity contribution is 14.1. The quantitative estimate of drug-likeness (QED) is 0.500. The minimum Gasteiger partial charge on any atom is -0.310 e. The highest BCUT2D eigenvalue weighted by Crippen LogP contribution is 2.30. The van der Waals surface area contributed by atoms with Gasteiger partial charge in [-0.2, -0.15) is 0 Å². The zero-order chi connectivity index (χ0) is 14.1. The SMILES string of the molecule is CCSc1cccnc1-c1nc2cc(I)cnc2n1C. The van der Waals surface area contributed by atoms with E-state index in [1.165, 1.54) is 0 Å². The largest absolute Gasteiger partial charge is 0.310 e. The second kappa shape index (κ2) is 5.69. The summed E-state index contributed by atoms with van der Waals surface area (Å²) in [6.07, 6.45) is 3.67. The van der Waals surface area contributed by atoms with Gasteiger partial charge in [0, 0.05) is 27.9 Å². The molecule has 0 saturated carbocycles. The molecule has 4 nitrogen and oxygen atoms in total. The first kappa shape index (κ1) is 13.8. The molecule has 3 aromatic rings. The molecule has 3 rings (SSSR count). The lowest BCUT2D eigenvalue weighted by atomic mass is 10.3. The van der Waals surface area contributed by atoms with Crippen LogP contribution >= 0.6 is 34.4 Å². The molecule has 0 unspecified atom stereocenters. The van der Waals surface area contributed by atoms with Crippen LogP contribution in [-0.2, 0) is 7.05 Å². The molecular formula is C14H13IN4S. The Morgan fingerprint density at radius 1 is 1.35 bits per heavy atom. The summed E-state index contributed by atoms with van der Waals surface area (Å²) in [7, 11) is 1.99. The maximum Gasteiger partial charge on any atom is 0.161 e. The van der Waals surface area contributed by atoms with Crippen molar-refractivity contribution in [1.29, 1.82) is 0 Å². The monoisotopic (exact) mass is 396 g/mol. The number of thioether (sulfide) groups is 1. The predicted octanol–water partition coefficient (Wildman–Crippen LogP) is 3.75. The Balaban J connectivity index is 2.22. The van der Waals surface area contributed by atoms with Crippen molar-refractivity contribution >= 4 is 45.5 Å². The summed E-state index contributed by atoms with van der Waals surface area (Å²) in [6.45, 7) is 2.14. The summed E-state index contributed by atoms with van der Waals surface area (Å²) in [5.74, 6) is 1.88. The molecule has 3 aromatic heterocycles. The first-order chi connectivity index (χ1) is 9.70. The van der Waals surface area contributed by atoms with Crippen LogP contribution in [0.3, 0.4) is 0 Å². The van der Waals surface area contributed by atoms with Gasteiger partial charge in [0.2, 0.25) is 0 Å². The van der Waals surface area contributed by atoms with E-state index in [1.54, 1.807) is 11.8 Å². The van der Waals surface area contributed by atoms with Crippen LogP contribution in [0, 0.1) is 3.57 Å². The average molecular weight is 396 g/mol. The van der Waals surface area contributed by atoms with Crippen molar-refractivity contribution in [3.8, 4) is 11.5 Å². The molecule has 6 heteroatoms. The van der Waals surface area contributed by atoms with Crippen molar-refractivity contribution in [2.45, 2.75) is 11.8 Å². The number of rotatable bonds is 3. The Morgan fingerprint density at radius 3 is 3.00 bits per heavy atom. The van der Waals surface area contributed by atoms with Gasteiger partial charge in [0.25, 0.3) is 0 Å². The maximum absolute atomic E-state index is 4.71. The standard InChI is InChI=1S/C14H13IN4S/c1-3-20-11-5-4-6-16-12(11)14-18-10-7-9(15)8-17-13(10)19(14)2/h4-8H,3H2,1-2H3. The van der Waals surface area contributed by atoms with Crippen LogP contribution in [0.4, 0.5) is 0 Å². The first-order valence-electron chi connectivity index (χ1n) is 6.27. The number of fused-ring (bicyclic) bond motifs is 1. The summed E-state index contributed by atoms with van der Waals surface area (Å²) in [5, 5.41) is 0. The molecule has 0 bridgehead atoms. The van der Waals surface area contributed by atoms with Crippen LogP contribution in [0.1, 0.15) is 6.92 Å². The molecule has 3 heterocycles. The van der Waals surface area contributed by atoms with Gasteiger partial charge in [-0.15, -0.1) is 11.8 Å². The third kappa shape index (κ3) is 2.42.